The maximum Gasteiger partial charge on any atom is 0.274 e. The molecule has 0 spiro atoms. The molecule has 1 heterocycles. The fraction of sp³-hybridized carbons (Fsp3) is 0.188. The molecule has 0 bridgehead atoms. The molecule has 8 heteroatoms. The lowest BCUT2D eigenvalue weighted by molar-refractivity contribution is -0.119. The summed E-state index contributed by atoms with van der Waals surface area (Å²) in [5, 5.41) is 3.88. The first kappa shape index (κ1) is 17.1. The van der Waals surface area contributed by atoms with E-state index in [1.54, 1.807) is 31.2 Å². The second-order valence-corrected chi connectivity index (χ2v) is 4.75. The molecule has 0 aliphatic rings. The van der Waals surface area contributed by atoms with E-state index < -0.39 is 5.91 Å². The molecule has 0 saturated carbocycles. The molecule has 0 atom stereocenters. The lowest BCUT2D eigenvalue weighted by atomic mass is 10.2. The highest BCUT2D eigenvalue weighted by atomic mass is 16.5. The first-order valence-corrected chi connectivity index (χ1v) is 6.98. The molecule has 0 unspecified atom stereocenters. The number of methoxy groups -OCH3 is 1. The Labute approximate surface area is 138 Å². The van der Waals surface area contributed by atoms with Crippen LogP contribution >= 0.6 is 0 Å². The lowest BCUT2D eigenvalue weighted by Gasteiger charge is -2.09. The van der Waals surface area contributed by atoms with Crippen LogP contribution < -0.4 is 20.6 Å². The summed E-state index contributed by atoms with van der Waals surface area (Å²) in [5.74, 6) is 0.356. The lowest BCUT2D eigenvalue weighted by Crippen LogP contribution is -2.20. The van der Waals surface area contributed by atoms with Gasteiger partial charge < -0.3 is 19.6 Å². The van der Waals surface area contributed by atoms with Crippen LogP contribution in [0, 0.1) is 6.92 Å². The molecule has 2 amide bonds. The number of rotatable bonds is 7. The third kappa shape index (κ3) is 4.35. The largest absolute Gasteiger partial charge is 0.493 e. The van der Waals surface area contributed by atoms with E-state index in [9.17, 15) is 9.59 Å². The van der Waals surface area contributed by atoms with Crippen LogP contribution in [-0.4, -0.2) is 31.7 Å². The smallest absolute Gasteiger partial charge is 0.274 e. The second kappa shape index (κ2) is 7.82. The zero-order valence-electron chi connectivity index (χ0n) is 13.2. The van der Waals surface area contributed by atoms with Crippen LogP contribution in [0.5, 0.6) is 11.5 Å². The number of primary amides is 1. The van der Waals surface area contributed by atoms with Crippen molar-refractivity contribution in [3.05, 3.63) is 47.4 Å². The Kier molecular flexibility index (Phi) is 5.56. The minimum Gasteiger partial charge on any atom is -0.493 e. The number of furan rings is 1. The van der Waals surface area contributed by atoms with Gasteiger partial charge in [0.05, 0.1) is 25.2 Å². The van der Waals surface area contributed by atoms with Gasteiger partial charge in [-0.1, -0.05) is 0 Å². The number of benzene rings is 1. The van der Waals surface area contributed by atoms with E-state index in [0.717, 1.165) is 0 Å². The molecule has 8 nitrogen and oxygen atoms in total. The van der Waals surface area contributed by atoms with Crippen molar-refractivity contribution in [3.63, 3.8) is 0 Å². The Morgan fingerprint density at radius 3 is 2.75 bits per heavy atom. The Morgan fingerprint density at radius 1 is 1.33 bits per heavy atom. The van der Waals surface area contributed by atoms with Crippen LogP contribution in [0.15, 0.2) is 40.0 Å². The molecular weight excluding hydrogens is 314 g/mol. The topological polar surface area (TPSA) is 116 Å². The number of ether oxygens (including phenoxy) is 2. The number of aryl methyl sites for hydroxylation is 1. The molecule has 0 radical (unpaired) electrons. The summed E-state index contributed by atoms with van der Waals surface area (Å²) in [7, 11) is 1.47. The van der Waals surface area contributed by atoms with Gasteiger partial charge in [-0.3, -0.25) is 9.59 Å². The van der Waals surface area contributed by atoms with Gasteiger partial charge in [-0.25, -0.2) is 5.43 Å². The molecule has 1 aromatic heterocycles. The van der Waals surface area contributed by atoms with E-state index in [0.29, 0.717) is 28.4 Å². The van der Waals surface area contributed by atoms with Crippen molar-refractivity contribution in [2.75, 3.05) is 13.7 Å². The van der Waals surface area contributed by atoms with Gasteiger partial charge in [0.15, 0.2) is 18.1 Å². The molecule has 0 aliphatic heterocycles. The number of hydrazone groups is 1. The SMILES string of the molecule is COc1cc(/C=N\NC(=O)c2ccoc2C)ccc1OCC(N)=O. The van der Waals surface area contributed by atoms with Crippen LogP contribution in [0.1, 0.15) is 21.7 Å². The average Bonchev–Trinajstić information content (AvgIpc) is 2.99. The van der Waals surface area contributed by atoms with Crippen molar-refractivity contribution >= 4 is 18.0 Å². The minimum absolute atomic E-state index is 0.246. The van der Waals surface area contributed by atoms with Gasteiger partial charge in [0.2, 0.25) is 0 Å². The van der Waals surface area contributed by atoms with Crippen molar-refractivity contribution in [2.45, 2.75) is 6.92 Å². The van der Waals surface area contributed by atoms with Gasteiger partial charge in [-0.05, 0) is 36.8 Å². The van der Waals surface area contributed by atoms with Crippen LogP contribution in [0.3, 0.4) is 0 Å². The standard InChI is InChI=1S/C16H17N3O5/c1-10-12(5-6-23-10)16(21)19-18-8-11-3-4-13(14(7-11)22-2)24-9-15(17)20/h3-8H,9H2,1-2H3,(H2,17,20)(H,19,21)/b18-8-. The summed E-state index contributed by atoms with van der Waals surface area (Å²) in [6, 6.07) is 6.52. The number of hydrogen-bond donors (Lipinski definition) is 2. The highest BCUT2D eigenvalue weighted by Gasteiger charge is 2.10. The van der Waals surface area contributed by atoms with Crippen LogP contribution in [0.4, 0.5) is 0 Å². The monoisotopic (exact) mass is 331 g/mol. The summed E-state index contributed by atoms with van der Waals surface area (Å²) in [4.78, 5) is 22.6. The minimum atomic E-state index is -0.583. The van der Waals surface area contributed by atoms with Gasteiger partial charge in [-0.2, -0.15) is 5.10 Å². The third-order valence-electron chi connectivity index (χ3n) is 3.04. The Morgan fingerprint density at radius 2 is 2.12 bits per heavy atom. The van der Waals surface area contributed by atoms with E-state index in [-0.39, 0.29) is 12.5 Å². The highest BCUT2D eigenvalue weighted by Crippen LogP contribution is 2.27. The molecular formula is C16H17N3O5. The van der Waals surface area contributed by atoms with Gasteiger partial charge >= 0.3 is 0 Å². The number of carbonyl (C=O) groups is 2. The summed E-state index contributed by atoms with van der Waals surface area (Å²) in [5.41, 5.74) is 8.52. The van der Waals surface area contributed by atoms with E-state index >= 15 is 0 Å². The molecule has 2 rings (SSSR count). The van der Waals surface area contributed by atoms with Gasteiger partial charge in [0, 0.05) is 0 Å². The average molecular weight is 331 g/mol. The fourth-order valence-corrected chi connectivity index (χ4v) is 1.88. The first-order valence-electron chi connectivity index (χ1n) is 6.98. The molecule has 126 valence electrons. The zero-order valence-corrected chi connectivity index (χ0v) is 13.2. The van der Waals surface area contributed by atoms with Crippen LogP contribution in [0.2, 0.25) is 0 Å². The summed E-state index contributed by atoms with van der Waals surface area (Å²) < 4.78 is 15.5. The van der Waals surface area contributed by atoms with E-state index in [4.69, 9.17) is 19.6 Å². The number of nitrogens with one attached hydrogen (secondary N) is 1. The first-order chi connectivity index (χ1) is 11.5. The Balaban J connectivity index is 2.03. The van der Waals surface area contributed by atoms with Gasteiger partial charge in [-0.15, -0.1) is 0 Å². The number of amides is 2. The Hall–Kier alpha value is -3.29. The summed E-state index contributed by atoms with van der Waals surface area (Å²) >= 11 is 0. The van der Waals surface area contributed by atoms with Crippen LogP contribution in [-0.2, 0) is 4.79 Å². The molecule has 0 fully saturated rings. The van der Waals surface area contributed by atoms with Crippen LogP contribution in [0.25, 0.3) is 0 Å². The third-order valence-corrected chi connectivity index (χ3v) is 3.04. The predicted octanol–water partition coefficient (Wildman–Crippen LogP) is 1.22. The maximum atomic E-state index is 11.9. The maximum absolute atomic E-state index is 11.9. The van der Waals surface area contributed by atoms with Crippen molar-refractivity contribution in [1.29, 1.82) is 0 Å². The van der Waals surface area contributed by atoms with E-state index in [1.165, 1.54) is 19.6 Å². The van der Waals surface area contributed by atoms with Gasteiger partial charge in [0.1, 0.15) is 5.76 Å². The van der Waals surface area contributed by atoms with Crippen molar-refractivity contribution < 1.29 is 23.5 Å². The normalized spacial score (nSPS) is 10.6. The number of nitrogens with zero attached hydrogens (tertiary/aromatic N) is 1. The van der Waals surface area contributed by atoms with Crippen molar-refractivity contribution in [3.8, 4) is 11.5 Å². The molecule has 0 saturated heterocycles. The quantitative estimate of drug-likeness (QED) is 0.584. The predicted molar refractivity (Wildman–Crippen MR) is 86.2 cm³/mol. The number of carbonyl (C=O) groups excluding carboxylic acids is 2. The summed E-state index contributed by atoms with van der Waals surface area (Å²) in [6.07, 6.45) is 2.89. The Bertz CT molecular complexity index is 767. The number of nitrogens with two attached hydrogens (primary N) is 1. The molecule has 0 aliphatic carbocycles. The van der Waals surface area contributed by atoms with E-state index in [2.05, 4.69) is 10.5 Å². The highest BCUT2D eigenvalue weighted by molar-refractivity contribution is 5.95. The van der Waals surface area contributed by atoms with Crippen molar-refractivity contribution in [2.24, 2.45) is 10.8 Å². The summed E-state index contributed by atoms with van der Waals surface area (Å²) in [6.45, 7) is 1.44. The number of hydrogen-bond acceptors (Lipinski definition) is 6. The second-order valence-electron chi connectivity index (χ2n) is 4.75. The van der Waals surface area contributed by atoms with E-state index in [1.807, 2.05) is 0 Å². The molecule has 2 aromatic rings. The molecule has 1 aromatic carbocycles. The van der Waals surface area contributed by atoms with Crippen molar-refractivity contribution in [1.82, 2.24) is 5.43 Å². The fourth-order valence-electron chi connectivity index (χ4n) is 1.88. The molecule has 3 N–H and O–H groups in total. The van der Waals surface area contributed by atoms with Gasteiger partial charge in [0.25, 0.3) is 11.8 Å². The zero-order chi connectivity index (χ0) is 17.5. The molecule has 24 heavy (non-hydrogen) atoms.